The third-order valence-electron chi connectivity index (χ3n) is 5.05. The number of aromatic nitrogens is 1. The molecular formula is C22H19F3N2O. The van der Waals surface area contributed by atoms with Gasteiger partial charge in [-0.15, -0.1) is 0 Å². The maximum Gasteiger partial charge on any atom is 0.435 e. The second-order valence-corrected chi connectivity index (χ2v) is 7.07. The number of hydrogen-bond donors (Lipinski definition) is 0. The standard InChI is InChI=1S/C22H19F3N2O/c1-15-12-16(2)27(14-15)19-10-8-17(9-11-19)20-13-21(28-26-20,22(23,24)25)18-6-4-3-5-7-18/h3-12,14H,13H2,1-2H3. The highest BCUT2D eigenvalue weighted by atomic mass is 19.4. The molecule has 0 aliphatic carbocycles. The van der Waals surface area contributed by atoms with Crippen molar-refractivity contribution >= 4 is 5.71 Å². The summed E-state index contributed by atoms with van der Waals surface area (Å²) in [7, 11) is 0. The molecule has 144 valence electrons. The van der Waals surface area contributed by atoms with Gasteiger partial charge in [-0.05, 0) is 43.2 Å². The fourth-order valence-electron chi connectivity index (χ4n) is 3.60. The molecule has 28 heavy (non-hydrogen) atoms. The maximum absolute atomic E-state index is 13.9. The molecule has 1 aromatic heterocycles. The third kappa shape index (κ3) is 2.99. The zero-order valence-electron chi connectivity index (χ0n) is 15.5. The Hall–Kier alpha value is -3.02. The van der Waals surface area contributed by atoms with E-state index in [1.807, 2.05) is 36.7 Å². The van der Waals surface area contributed by atoms with Crippen molar-refractivity contribution in [3.05, 3.63) is 89.2 Å². The maximum atomic E-state index is 13.9. The summed E-state index contributed by atoms with van der Waals surface area (Å²) in [6, 6.07) is 17.0. The molecule has 3 nitrogen and oxygen atoms in total. The Labute approximate surface area is 161 Å². The lowest BCUT2D eigenvalue weighted by Gasteiger charge is -2.29. The van der Waals surface area contributed by atoms with E-state index in [4.69, 9.17) is 4.84 Å². The topological polar surface area (TPSA) is 26.5 Å². The van der Waals surface area contributed by atoms with Crippen molar-refractivity contribution in [3.63, 3.8) is 0 Å². The Balaban J connectivity index is 1.64. The average molecular weight is 384 g/mol. The highest BCUT2D eigenvalue weighted by molar-refractivity contribution is 6.02. The van der Waals surface area contributed by atoms with E-state index in [9.17, 15) is 13.2 Å². The van der Waals surface area contributed by atoms with Gasteiger partial charge in [-0.25, -0.2) is 0 Å². The first-order valence-corrected chi connectivity index (χ1v) is 8.94. The molecule has 0 bridgehead atoms. The Morgan fingerprint density at radius 1 is 1.00 bits per heavy atom. The van der Waals surface area contributed by atoms with E-state index in [1.165, 1.54) is 12.1 Å². The van der Waals surface area contributed by atoms with Crippen LogP contribution in [-0.2, 0) is 10.4 Å². The lowest BCUT2D eigenvalue weighted by molar-refractivity contribution is -0.275. The van der Waals surface area contributed by atoms with Crippen LogP contribution in [0.1, 0.15) is 28.8 Å². The van der Waals surface area contributed by atoms with Gasteiger partial charge in [0.15, 0.2) is 0 Å². The number of oxime groups is 1. The van der Waals surface area contributed by atoms with Gasteiger partial charge in [-0.2, -0.15) is 13.2 Å². The molecule has 0 saturated heterocycles. The molecule has 6 heteroatoms. The number of hydrogen-bond acceptors (Lipinski definition) is 2. The van der Waals surface area contributed by atoms with Gasteiger partial charge >= 0.3 is 6.18 Å². The van der Waals surface area contributed by atoms with Crippen LogP contribution in [0.3, 0.4) is 0 Å². The predicted molar refractivity (Wildman–Crippen MR) is 102 cm³/mol. The first-order chi connectivity index (χ1) is 13.3. The molecule has 1 aliphatic rings. The normalized spacial score (nSPS) is 19.4. The lowest BCUT2D eigenvalue weighted by Crippen LogP contribution is -2.42. The van der Waals surface area contributed by atoms with Gasteiger partial charge in [0, 0.05) is 29.6 Å². The van der Waals surface area contributed by atoms with Crippen molar-refractivity contribution in [2.24, 2.45) is 5.16 Å². The Morgan fingerprint density at radius 3 is 2.25 bits per heavy atom. The van der Waals surface area contributed by atoms with Crippen LogP contribution in [0.5, 0.6) is 0 Å². The molecule has 2 heterocycles. The molecule has 2 aromatic carbocycles. The molecule has 1 unspecified atom stereocenters. The highest BCUT2D eigenvalue weighted by Gasteiger charge is 2.62. The minimum absolute atomic E-state index is 0.0521. The highest BCUT2D eigenvalue weighted by Crippen LogP contribution is 2.48. The summed E-state index contributed by atoms with van der Waals surface area (Å²) >= 11 is 0. The van der Waals surface area contributed by atoms with E-state index in [2.05, 4.69) is 11.2 Å². The molecule has 4 rings (SSSR count). The molecular weight excluding hydrogens is 365 g/mol. The van der Waals surface area contributed by atoms with E-state index in [0.29, 0.717) is 5.56 Å². The van der Waals surface area contributed by atoms with Crippen LogP contribution in [0.4, 0.5) is 13.2 Å². The number of benzene rings is 2. The summed E-state index contributed by atoms with van der Waals surface area (Å²) < 4.78 is 43.8. The predicted octanol–water partition coefficient (Wildman–Crippen LogP) is 5.68. The molecule has 1 atom stereocenters. The summed E-state index contributed by atoms with van der Waals surface area (Å²) in [6.07, 6.45) is -2.93. The quantitative estimate of drug-likeness (QED) is 0.571. The SMILES string of the molecule is Cc1cc(C)n(-c2ccc(C3=NOC(c4ccccc4)(C(F)(F)F)C3)cc2)c1. The fraction of sp³-hybridized carbons (Fsp3) is 0.227. The van der Waals surface area contributed by atoms with E-state index in [0.717, 1.165) is 16.9 Å². The number of nitrogens with zero attached hydrogens (tertiary/aromatic N) is 2. The number of alkyl halides is 3. The number of halogens is 3. The Bertz CT molecular complexity index is 1020. The van der Waals surface area contributed by atoms with E-state index in [-0.39, 0.29) is 17.7 Å². The molecule has 0 fully saturated rings. The van der Waals surface area contributed by atoms with Gasteiger partial charge in [0.2, 0.25) is 0 Å². The van der Waals surface area contributed by atoms with Crippen LogP contribution < -0.4 is 0 Å². The molecule has 3 aromatic rings. The van der Waals surface area contributed by atoms with Crippen molar-refractivity contribution in [2.45, 2.75) is 32.0 Å². The largest absolute Gasteiger partial charge is 0.435 e. The van der Waals surface area contributed by atoms with Crippen LogP contribution in [0, 0.1) is 13.8 Å². The van der Waals surface area contributed by atoms with E-state index in [1.54, 1.807) is 30.3 Å². The van der Waals surface area contributed by atoms with Crippen molar-refractivity contribution in [1.82, 2.24) is 4.57 Å². The van der Waals surface area contributed by atoms with Crippen LogP contribution in [0.2, 0.25) is 0 Å². The van der Waals surface area contributed by atoms with Gasteiger partial charge < -0.3 is 9.40 Å². The van der Waals surface area contributed by atoms with Gasteiger partial charge in [-0.1, -0.05) is 47.6 Å². The van der Waals surface area contributed by atoms with Crippen molar-refractivity contribution in [1.29, 1.82) is 0 Å². The minimum Gasteiger partial charge on any atom is -0.374 e. The van der Waals surface area contributed by atoms with Crippen molar-refractivity contribution in [2.75, 3.05) is 0 Å². The summed E-state index contributed by atoms with van der Waals surface area (Å²) in [4.78, 5) is 5.05. The van der Waals surface area contributed by atoms with Crippen molar-refractivity contribution < 1.29 is 18.0 Å². The van der Waals surface area contributed by atoms with Gasteiger partial charge in [0.1, 0.15) is 0 Å². The fourth-order valence-corrected chi connectivity index (χ4v) is 3.60. The lowest BCUT2D eigenvalue weighted by atomic mass is 9.86. The summed E-state index contributed by atoms with van der Waals surface area (Å²) in [5, 5.41) is 3.82. The zero-order valence-corrected chi connectivity index (χ0v) is 15.5. The van der Waals surface area contributed by atoms with Crippen LogP contribution in [0.25, 0.3) is 5.69 Å². The van der Waals surface area contributed by atoms with Crippen molar-refractivity contribution in [3.8, 4) is 5.69 Å². The molecule has 1 aliphatic heterocycles. The third-order valence-corrected chi connectivity index (χ3v) is 5.05. The monoisotopic (exact) mass is 384 g/mol. The van der Waals surface area contributed by atoms with E-state index >= 15 is 0 Å². The van der Waals surface area contributed by atoms with Gasteiger partial charge in [-0.3, -0.25) is 0 Å². The summed E-state index contributed by atoms with van der Waals surface area (Å²) in [5.41, 5.74) is 1.69. The van der Waals surface area contributed by atoms with Crippen LogP contribution in [0.15, 0.2) is 72.0 Å². The van der Waals surface area contributed by atoms with Gasteiger partial charge in [0.05, 0.1) is 5.71 Å². The zero-order chi connectivity index (χ0) is 19.9. The molecule has 0 saturated carbocycles. The van der Waals surface area contributed by atoms with Gasteiger partial charge in [0.25, 0.3) is 5.60 Å². The summed E-state index contributed by atoms with van der Waals surface area (Å²) in [5.74, 6) is 0. The molecule has 0 radical (unpaired) electrons. The smallest absolute Gasteiger partial charge is 0.374 e. The molecule has 0 amide bonds. The average Bonchev–Trinajstić information content (AvgIpc) is 3.27. The van der Waals surface area contributed by atoms with Crippen LogP contribution >= 0.6 is 0 Å². The summed E-state index contributed by atoms with van der Waals surface area (Å²) in [6.45, 7) is 4.02. The molecule has 0 N–H and O–H groups in total. The molecule has 0 spiro atoms. The first-order valence-electron chi connectivity index (χ1n) is 8.94. The minimum atomic E-state index is -4.58. The number of aryl methyl sites for hydroxylation is 2. The second kappa shape index (κ2) is 6.55. The van der Waals surface area contributed by atoms with E-state index < -0.39 is 11.8 Å². The second-order valence-electron chi connectivity index (χ2n) is 7.07. The number of rotatable bonds is 3. The first kappa shape index (κ1) is 18.3. The Morgan fingerprint density at radius 2 is 1.68 bits per heavy atom. The van der Waals surface area contributed by atoms with Crippen LogP contribution in [-0.4, -0.2) is 16.5 Å². The Kier molecular flexibility index (Phi) is 4.29.